The van der Waals surface area contributed by atoms with Crippen LogP contribution < -0.4 is 4.90 Å². The highest BCUT2D eigenvalue weighted by atomic mass is 19.1. The summed E-state index contributed by atoms with van der Waals surface area (Å²) in [5.41, 5.74) is 2.71. The van der Waals surface area contributed by atoms with Gasteiger partial charge in [-0.25, -0.2) is 29.3 Å². The molecular weight excluding hydrogens is 373 g/mol. The molecule has 0 bridgehead atoms. The Kier molecular flexibility index (Phi) is 4.36. The maximum Gasteiger partial charge on any atom is 0.182 e. The van der Waals surface area contributed by atoms with Crippen molar-refractivity contribution < 1.29 is 9.50 Å². The highest BCUT2D eigenvalue weighted by molar-refractivity contribution is 5.83. The number of imidazole rings is 1. The number of nitrogens with zero attached hydrogens (tertiary/aromatic N) is 6. The topological polar surface area (TPSA) is 104 Å². The molecule has 1 unspecified atom stereocenters. The van der Waals surface area contributed by atoms with Gasteiger partial charge in [-0.05, 0) is 37.1 Å². The lowest BCUT2D eigenvalue weighted by atomic mass is 10.0. The van der Waals surface area contributed by atoms with E-state index in [0.717, 1.165) is 36.3 Å². The smallest absolute Gasteiger partial charge is 0.182 e. The molecule has 1 saturated heterocycles. The van der Waals surface area contributed by atoms with Gasteiger partial charge in [0.1, 0.15) is 23.8 Å². The molecule has 9 heteroatoms. The number of aromatic amines is 1. The summed E-state index contributed by atoms with van der Waals surface area (Å²) in [6.07, 6.45) is 7.31. The molecule has 0 amide bonds. The van der Waals surface area contributed by atoms with Gasteiger partial charge in [0, 0.05) is 30.1 Å². The third kappa shape index (κ3) is 3.19. The monoisotopic (exact) mass is 391 g/mol. The number of nitrogens with one attached hydrogen (secondary N) is 1. The van der Waals surface area contributed by atoms with E-state index in [1.807, 2.05) is 0 Å². The second kappa shape index (κ2) is 7.17. The Morgan fingerprint density at radius 2 is 1.86 bits per heavy atom. The van der Waals surface area contributed by atoms with Crippen molar-refractivity contribution in [1.82, 2.24) is 29.9 Å². The van der Waals surface area contributed by atoms with E-state index in [-0.39, 0.29) is 11.9 Å². The number of hydrogen-bond donors (Lipinski definition) is 2. The van der Waals surface area contributed by atoms with Crippen LogP contribution in [0.1, 0.15) is 24.5 Å². The predicted octanol–water partition coefficient (Wildman–Crippen LogP) is 2.65. The molecule has 0 aliphatic carbocycles. The average Bonchev–Trinajstić information content (AvgIpc) is 3.43. The minimum atomic E-state index is -0.771. The van der Waals surface area contributed by atoms with Crippen LogP contribution in [0, 0.1) is 5.82 Å². The zero-order chi connectivity index (χ0) is 19.8. The Bertz CT molecular complexity index is 1130. The van der Waals surface area contributed by atoms with Crippen molar-refractivity contribution in [2.75, 3.05) is 11.4 Å². The summed E-state index contributed by atoms with van der Waals surface area (Å²) in [5.74, 6) is 0.912. The maximum atomic E-state index is 13.1. The Morgan fingerprint density at radius 3 is 2.66 bits per heavy atom. The fraction of sp³-hybridized carbons (Fsp3) is 0.250. The van der Waals surface area contributed by atoms with E-state index in [9.17, 15) is 9.50 Å². The first-order valence-electron chi connectivity index (χ1n) is 9.37. The molecule has 2 atom stereocenters. The number of aliphatic hydroxyl groups excluding tert-OH is 1. The van der Waals surface area contributed by atoms with Gasteiger partial charge < -0.3 is 15.0 Å². The third-order valence-corrected chi connectivity index (χ3v) is 5.25. The van der Waals surface area contributed by atoms with Gasteiger partial charge >= 0.3 is 0 Å². The Hall–Kier alpha value is -3.46. The molecule has 3 aromatic heterocycles. The lowest BCUT2D eigenvalue weighted by molar-refractivity contribution is 0.146. The molecule has 1 fully saturated rings. The first-order chi connectivity index (χ1) is 14.2. The molecule has 29 heavy (non-hydrogen) atoms. The minimum absolute atomic E-state index is 0.156. The van der Waals surface area contributed by atoms with E-state index in [1.54, 1.807) is 30.9 Å². The SMILES string of the molecule is OC(c1cnc(-c2ccc(F)cc2)nc1)[C@H]1CCCN1c1ncnc2nc[nH]c12. The molecule has 1 aliphatic heterocycles. The highest BCUT2D eigenvalue weighted by Gasteiger charge is 2.34. The number of halogens is 1. The van der Waals surface area contributed by atoms with Crippen LogP contribution in [-0.2, 0) is 0 Å². The molecule has 1 aliphatic rings. The number of benzene rings is 1. The number of hydrogen-bond acceptors (Lipinski definition) is 7. The molecule has 5 rings (SSSR count). The number of rotatable bonds is 4. The number of anilines is 1. The Labute approximate surface area is 165 Å². The summed E-state index contributed by atoms with van der Waals surface area (Å²) in [6, 6.07) is 5.84. The number of H-pyrrole nitrogens is 1. The van der Waals surface area contributed by atoms with Gasteiger partial charge in [0.2, 0.25) is 0 Å². The van der Waals surface area contributed by atoms with Gasteiger partial charge in [0.25, 0.3) is 0 Å². The molecule has 0 spiro atoms. The first-order valence-corrected chi connectivity index (χ1v) is 9.37. The van der Waals surface area contributed by atoms with E-state index in [4.69, 9.17) is 0 Å². The summed E-state index contributed by atoms with van der Waals surface area (Å²) in [6.45, 7) is 0.779. The van der Waals surface area contributed by atoms with Gasteiger partial charge in [-0.2, -0.15) is 0 Å². The zero-order valence-corrected chi connectivity index (χ0v) is 15.4. The number of aromatic nitrogens is 6. The minimum Gasteiger partial charge on any atom is -0.386 e. The molecular formula is C20H18FN7O. The van der Waals surface area contributed by atoms with Crippen LogP contribution in [0.3, 0.4) is 0 Å². The summed E-state index contributed by atoms with van der Waals surface area (Å²) < 4.78 is 13.1. The molecule has 8 nitrogen and oxygen atoms in total. The first kappa shape index (κ1) is 17.6. The molecule has 4 heterocycles. The summed E-state index contributed by atoms with van der Waals surface area (Å²) in [7, 11) is 0. The van der Waals surface area contributed by atoms with Crippen molar-refractivity contribution in [2.45, 2.75) is 25.0 Å². The van der Waals surface area contributed by atoms with Crippen molar-refractivity contribution in [1.29, 1.82) is 0 Å². The largest absolute Gasteiger partial charge is 0.386 e. The van der Waals surface area contributed by atoms with Crippen LogP contribution in [0.4, 0.5) is 10.2 Å². The Balaban J connectivity index is 1.41. The van der Waals surface area contributed by atoms with Crippen molar-refractivity contribution in [3.63, 3.8) is 0 Å². The van der Waals surface area contributed by atoms with E-state index in [1.165, 1.54) is 18.5 Å². The van der Waals surface area contributed by atoms with Crippen LogP contribution >= 0.6 is 0 Å². The summed E-state index contributed by atoms with van der Waals surface area (Å²) in [4.78, 5) is 26.6. The lowest BCUT2D eigenvalue weighted by Gasteiger charge is -2.29. The van der Waals surface area contributed by atoms with Crippen molar-refractivity contribution in [3.8, 4) is 11.4 Å². The van der Waals surface area contributed by atoms with Crippen molar-refractivity contribution >= 4 is 17.0 Å². The van der Waals surface area contributed by atoms with Crippen molar-refractivity contribution in [2.24, 2.45) is 0 Å². The van der Waals surface area contributed by atoms with Gasteiger partial charge in [0.05, 0.1) is 12.4 Å². The van der Waals surface area contributed by atoms with Crippen LogP contribution in [0.2, 0.25) is 0 Å². The van der Waals surface area contributed by atoms with Gasteiger partial charge in [-0.3, -0.25) is 0 Å². The van der Waals surface area contributed by atoms with Gasteiger partial charge in [0.15, 0.2) is 17.3 Å². The van der Waals surface area contributed by atoms with Crippen LogP contribution in [0.5, 0.6) is 0 Å². The standard InChI is InChI=1S/C20H18FN7O/c21-14-5-3-12(4-6-14)18-22-8-13(9-23-18)17(29)15-2-1-7-28(15)20-16-19(25-10-24-16)26-11-27-20/h3-6,8-11,15,17,29H,1-2,7H2,(H,24,25,26,27)/t15-,17?/m1/s1. The second-order valence-corrected chi connectivity index (χ2v) is 6.99. The molecule has 0 saturated carbocycles. The number of fused-ring (bicyclic) bond motifs is 1. The second-order valence-electron chi connectivity index (χ2n) is 6.99. The van der Waals surface area contributed by atoms with Crippen molar-refractivity contribution in [3.05, 3.63) is 60.7 Å². The maximum absolute atomic E-state index is 13.1. The normalized spacial score (nSPS) is 17.7. The van der Waals surface area contributed by atoms with Crippen LogP contribution in [-0.4, -0.2) is 47.6 Å². The van der Waals surface area contributed by atoms with E-state index < -0.39 is 6.10 Å². The fourth-order valence-corrected chi connectivity index (χ4v) is 3.81. The van der Waals surface area contributed by atoms with E-state index in [0.29, 0.717) is 17.0 Å². The van der Waals surface area contributed by atoms with Gasteiger partial charge in [-0.1, -0.05) is 0 Å². The predicted molar refractivity (Wildman–Crippen MR) is 104 cm³/mol. The Morgan fingerprint density at radius 1 is 1.07 bits per heavy atom. The van der Waals surface area contributed by atoms with E-state index >= 15 is 0 Å². The molecule has 4 aromatic rings. The zero-order valence-electron chi connectivity index (χ0n) is 15.4. The van der Waals surface area contributed by atoms with Crippen LogP contribution in [0.25, 0.3) is 22.6 Å². The molecule has 2 N–H and O–H groups in total. The van der Waals surface area contributed by atoms with Crippen LogP contribution in [0.15, 0.2) is 49.3 Å². The summed E-state index contributed by atoms with van der Waals surface area (Å²) in [5, 5.41) is 11.0. The lowest BCUT2D eigenvalue weighted by Crippen LogP contribution is -2.35. The van der Waals surface area contributed by atoms with E-state index in [2.05, 4.69) is 34.8 Å². The summed E-state index contributed by atoms with van der Waals surface area (Å²) >= 11 is 0. The quantitative estimate of drug-likeness (QED) is 0.551. The highest BCUT2D eigenvalue weighted by Crippen LogP contribution is 2.34. The fourth-order valence-electron chi connectivity index (χ4n) is 3.81. The third-order valence-electron chi connectivity index (χ3n) is 5.25. The van der Waals surface area contributed by atoms with Gasteiger partial charge in [-0.15, -0.1) is 0 Å². The average molecular weight is 391 g/mol. The number of aliphatic hydroxyl groups is 1. The molecule has 0 radical (unpaired) electrons. The molecule has 1 aromatic carbocycles. The molecule has 146 valence electrons.